The molecule has 0 fully saturated rings. The molecule has 0 aromatic carbocycles. The molecule has 0 aromatic heterocycles. The topological polar surface area (TPSA) is 0 Å². The molecule has 0 bridgehead atoms. The van der Waals surface area contributed by atoms with Crippen molar-refractivity contribution >= 4 is 8.41 Å². The number of hydrogen-bond acceptors (Lipinski definition) is 0. The predicted molar refractivity (Wildman–Crippen MR) is 5.75 cm³/mol. The molecule has 9 radical (unpaired) electrons. The summed E-state index contributed by atoms with van der Waals surface area (Å²) in [5.74, 6) is 0. The second-order valence-corrected chi connectivity index (χ2v) is 0. The SMILES string of the molecule is [B].[V].[V].[V].[V].[V].[V]. The first kappa shape index (κ1) is 75.9. The third-order valence-electron chi connectivity index (χ3n) is 0. The van der Waals surface area contributed by atoms with Crippen LogP contribution in [0.25, 0.3) is 0 Å². The fraction of sp³-hybridized carbons (Fsp3) is 0. The zero-order chi connectivity index (χ0) is 0. The molecular formula is BV6. The molecule has 0 heterocycles. The number of rotatable bonds is 0. The molecule has 0 nitrogen and oxygen atoms in total. The third kappa shape index (κ3) is 43.0. The van der Waals surface area contributed by atoms with Gasteiger partial charge in [-0.1, -0.05) is 0 Å². The summed E-state index contributed by atoms with van der Waals surface area (Å²) in [7, 11) is 0. The fourth-order valence-corrected chi connectivity index (χ4v) is 0. The van der Waals surface area contributed by atoms with Crippen molar-refractivity contribution in [1.29, 1.82) is 0 Å². The van der Waals surface area contributed by atoms with Gasteiger partial charge in [-0.05, 0) is 0 Å². The standard InChI is InChI=1S/B.6V. The van der Waals surface area contributed by atoms with Gasteiger partial charge in [0.25, 0.3) is 0 Å². The fourth-order valence-electron chi connectivity index (χ4n) is 0. The summed E-state index contributed by atoms with van der Waals surface area (Å²) in [4.78, 5) is 0. The second kappa shape index (κ2) is 55.1. The average Bonchev–Trinajstić information content (AvgIpc) is 0. The van der Waals surface area contributed by atoms with Crippen LogP contribution < -0.4 is 0 Å². The van der Waals surface area contributed by atoms with E-state index in [9.17, 15) is 0 Å². The van der Waals surface area contributed by atoms with Crippen molar-refractivity contribution < 1.29 is 111 Å². The maximum atomic E-state index is 0. The largest absolute Gasteiger partial charge is 0 e. The smallest absolute Gasteiger partial charge is 0 e. The van der Waals surface area contributed by atoms with E-state index in [1.165, 1.54) is 0 Å². The Labute approximate surface area is 118 Å². The van der Waals surface area contributed by atoms with Crippen LogP contribution in [0.2, 0.25) is 0 Å². The Morgan fingerprint density at radius 1 is 0.286 bits per heavy atom. The summed E-state index contributed by atoms with van der Waals surface area (Å²) < 4.78 is 0. The van der Waals surface area contributed by atoms with Crippen LogP contribution in [0.15, 0.2) is 0 Å². The van der Waals surface area contributed by atoms with E-state index in [1.54, 1.807) is 0 Å². The van der Waals surface area contributed by atoms with Gasteiger partial charge in [-0.2, -0.15) is 0 Å². The summed E-state index contributed by atoms with van der Waals surface area (Å²) in [6, 6.07) is 0. The molecule has 33 valence electrons. The van der Waals surface area contributed by atoms with Crippen LogP contribution >= 0.6 is 0 Å². The quantitative estimate of drug-likeness (QED) is 0.534. The normalized spacial score (nSPS) is 0. The van der Waals surface area contributed by atoms with Crippen molar-refractivity contribution in [3.8, 4) is 0 Å². The minimum atomic E-state index is 0. The zero-order valence-corrected chi connectivity index (χ0v) is 11.6. The maximum absolute atomic E-state index is 0. The van der Waals surface area contributed by atoms with Crippen molar-refractivity contribution in [3.63, 3.8) is 0 Å². The monoisotopic (exact) mass is 317 g/mol. The first-order valence-electron chi connectivity index (χ1n) is 0. The Morgan fingerprint density at radius 3 is 0.286 bits per heavy atom. The molecule has 0 aliphatic carbocycles. The van der Waals surface area contributed by atoms with Gasteiger partial charge in [-0.3, -0.25) is 0 Å². The predicted octanol–water partition coefficient (Wildman–Crippen LogP) is -0.396. The van der Waals surface area contributed by atoms with Gasteiger partial charge in [-0.15, -0.1) is 0 Å². The van der Waals surface area contributed by atoms with Gasteiger partial charge in [-0.25, -0.2) is 0 Å². The minimum absolute atomic E-state index is 0. The van der Waals surface area contributed by atoms with E-state index < -0.39 is 0 Å². The first-order chi connectivity index (χ1) is 0. The molecule has 0 amide bonds. The van der Waals surface area contributed by atoms with Crippen molar-refractivity contribution in [3.05, 3.63) is 0 Å². The van der Waals surface area contributed by atoms with Crippen LogP contribution in [0.5, 0.6) is 0 Å². The Balaban J connectivity index is 0. The molecular weight excluding hydrogens is 316 g/mol. The first-order valence-corrected chi connectivity index (χ1v) is 0. The Bertz CT molecular complexity index is 4.14. The minimum Gasteiger partial charge on any atom is 0 e. The van der Waals surface area contributed by atoms with Gasteiger partial charge in [0.15, 0.2) is 0 Å². The van der Waals surface area contributed by atoms with Crippen LogP contribution in [0, 0.1) is 0 Å². The van der Waals surface area contributed by atoms with Crippen LogP contribution in [-0.4, -0.2) is 8.41 Å². The van der Waals surface area contributed by atoms with E-state index in [2.05, 4.69) is 0 Å². The molecule has 0 saturated carbocycles. The molecule has 7 heavy (non-hydrogen) atoms. The maximum Gasteiger partial charge on any atom is 0 e. The van der Waals surface area contributed by atoms with E-state index in [1.807, 2.05) is 0 Å². The summed E-state index contributed by atoms with van der Waals surface area (Å²) in [5.41, 5.74) is 0. The molecule has 0 aromatic rings. The van der Waals surface area contributed by atoms with Gasteiger partial charge in [0.1, 0.15) is 0 Å². The van der Waals surface area contributed by atoms with Crippen molar-refractivity contribution in [2.75, 3.05) is 0 Å². The van der Waals surface area contributed by atoms with Gasteiger partial charge >= 0.3 is 0 Å². The van der Waals surface area contributed by atoms with E-state index >= 15 is 0 Å². The molecule has 0 unspecified atom stereocenters. The van der Waals surface area contributed by atoms with Crippen LogP contribution in [0.3, 0.4) is 0 Å². The second-order valence-electron chi connectivity index (χ2n) is 0. The van der Waals surface area contributed by atoms with Crippen LogP contribution in [0.4, 0.5) is 0 Å². The summed E-state index contributed by atoms with van der Waals surface area (Å²) in [5, 5.41) is 0. The van der Waals surface area contributed by atoms with Crippen molar-refractivity contribution in [2.24, 2.45) is 0 Å². The van der Waals surface area contributed by atoms with Gasteiger partial charge < -0.3 is 0 Å². The van der Waals surface area contributed by atoms with E-state index in [-0.39, 0.29) is 120 Å². The van der Waals surface area contributed by atoms with Gasteiger partial charge in [0.2, 0.25) is 0 Å². The Hall–Kier alpha value is 3.57. The Morgan fingerprint density at radius 2 is 0.286 bits per heavy atom. The molecule has 0 saturated heterocycles. The molecule has 0 atom stereocenters. The third-order valence-corrected chi connectivity index (χ3v) is 0. The van der Waals surface area contributed by atoms with E-state index in [0.717, 1.165) is 0 Å². The molecule has 0 aliphatic heterocycles. The van der Waals surface area contributed by atoms with Crippen LogP contribution in [0.1, 0.15) is 0 Å². The van der Waals surface area contributed by atoms with Crippen molar-refractivity contribution in [1.82, 2.24) is 0 Å². The van der Waals surface area contributed by atoms with Gasteiger partial charge in [0, 0.05) is 120 Å². The van der Waals surface area contributed by atoms with Crippen molar-refractivity contribution in [2.45, 2.75) is 0 Å². The van der Waals surface area contributed by atoms with E-state index in [0.29, 0.717) is 0 Å². The molecule has 0 N–H and O–H groups in total. The summed E-state index contributed by atoms with van der Waals surface area (Å²) in [6.45, 7) is 0. The molecule has 0 aliphatic rings. The Kier molecular flexibility index (Phi) is 598. The van der Waals surface area contributed by atoms with E-state index in [4.69, 9.17) is 0 Å². The molecule has 7 heteroatoms. The molecule has 0 spiro atoms. The summed E-state index contributed by atoms with van der Waals surface area (Å²) >= 11 is 0. The molecule has 0 rings (SSSR count). The average molecular weight is 316 g/mol. The summed E-state index contributed by atoms with van der Waals surface area (Å²) in [6.07, 6.45) is 0. The van der Waals surface area contributed by atoms with Gasteiger partial charge in [0.05, 0.1) is 0 Å². The number of hydrogen-bond donors (Lipinski definition) is 0. The van der Waals surface area contributed by atoms with Crippen LogP contribution in [-0.2, 0) is 111 Å². The zero-order valence-electron chi connectivity index (χ0n) is 3.26.